The van der Waals surface area contributed by atoms with E-state index in [0.29, 0.717) is 33.8 Å². The molecule has 0 aromatic heterocycles. The minimum atomic E-state index is -2.54. The summed E-state index contributed by atoms with van der Waals surface area (Å²) >= 11 is 6.09. The van der Waals surface area contributed by atoms with Crippen molar-refractivity contribution in [3.8, 4) is 0 Å². The zero-order valence-electron chi connectivity index (χ0n) is 10.9. The minimum Gasteiger partial charge on any atom is -0.321 e. The monoisotopic (exact) mass is 327 g/mol. The van der Waals surface area contributed by atoms with E-state index in [9.17, 15) is 13.6 Å². The second-order valence-electron chi connectivity index (χ2n) is 4.16. The van der Waals surface area contributed by atoms with Gasteiger partial charge in [0.05, 0.1) is 5.69 Å². The molecule has 0 saturated heterocycles. The molecule has 2 aromatic rings. The van der Waals surface area contributed by atoms with E-state index in [2.05, 4.69) is 5.32 Å². The molecule has 1 N–H and O–H groups in total. The van der Waals surface area contributed by atoms with E-state index in [1.807, 2.05) is 0 Å². The zero-order valence-corrected chi connectivity index (χ0v) is 12.4. The first-order chi connectivity index (χ1) is 10.1. The van der Waals surface area contributed by atoms with Crippen molar-refractivity contribution >= 4 is 35.0 Å². The topological polar surface area (TPSA) is 29.1 Å². The molecule has 21 heavy (non-hydrogen) atoms. The highest BCUT2D eigenvalue weighted by Gasteiger charge is 2.12. The highest BCUT2D eigenvalue weighted by molar-refractivity contribution is 7.99. The predicted molar refractivity (Wildman–Crippen MR) is 82.3 cm³/mol. The molecule has 0 saturated carbocycles. The van der Waals surface area contributed by atoms with E-state index in [1.165, 1.54) is 0 Å². The third-order valence-corrected chi connectivity index (χ3v) is 3.82. The normalized spacial score (nSPS) is 10.7. The second kappa shape index (κ2) is 7.43. The molecule has 0 aliphatic rings. The van der Waals surface area contributed by atoms with Crippen molar-refractivity contribution < 1.29 is 13.6 Å². The van der Waals surface area contributed by atoms with Crippen LogP contribution in [0.5, 0.6) is 0 Å². The van der Waals surface area contributed by atoms with Crippen LogP contribution in [-0.4, -0.2) is 11.7 Å². The number of benzene rings is 2. The summed E-state index contributed by atoms with van der Waals surface area (Å²) in [6.45, 7) is 0. The lowest BCUT2D eigenvalue weighted by molar-refractivity contribution is 0.102. The van der Waals surface area contributed by atoms with Gasteiger partial charge in [-0.3, -0.25) is 4.79 Å². The summed E-state index contributed by atoms with van der Waals surface area (Å²) in [5, 5.41) is 2.64. The van der Waals surface area contributed by atoms with Crippen molar-refractivity contribution in [2.45, 2.75) is 16.5 Å². The fraction of sp³-hybridized carbons (Fsp3) is 0.133. The Bertz CT molecular complexity index is 619. The van der Waals surface area contributed by atoms with E-state index < -0.39 is 5.76 Å². The first kappa shape index (κ1) is 15.8. The zero-order chi connectivity index (χ0) is 15.2. The van der Waals surface area contributed by atoms with Gasteiger partial charge < -0.3 is 5.32 Å². The van der Waals surface area contributed by atoms with Gasteiger partial charge in [-0.1, -0.05) is 36.0 Å². The summed E-state index contributed by atoms with van der Waals surface area (Å²) in [6, 6.07) is 13.3. The van der Waals surface area contributed by atoms with Crippen LogP contribution in [0.2, 0.25) is 0 Å². The first-order valence-electron chi connectivity index (χ1n) is 6.10. The van der Waals surface area contributed by atoms with Gasteiger partial charge in [-0.2, -0.15) is 8.78 Å². The van der Waals surface area contributed by atoms with Gasteiger partial charge >= 0.3 is 0 Å². The van der Waals surface area contributed by atoms with Gasteiger partial charge in [0.1, 0.15) is 0 Å². The summed E-state index contributed by atoms with van der Waals surface area (Å²) in [7, 11) is 0. The number of hydrogen-bond acceptors (Lipinski definition) is 2. The highest BCUT2D eigenvalue weighted by Crippen LogP contribution is 2.31. The molecular weight excluding hydrogens is 316 g/mol. The molecule has 0 bridgehead atoms. The fourth-order valence-corrected chi connectivity index (χ4v) is 2.48. The summed E-state index contributed by atoms with van der Waals surface area (Å²) in [6.07, 6.45) is 0. The van der Waals surface area contributed by atoms with Crippen LogP contribution in [0.25, 0.3) is 0 Å². The molecular formula is C15H12ClF2NOS. The number of hydrogen-bond donors (Lipinski definition) is 1. The van der Waals surface area contributed by atoms with Crippen LogP contribution < -0.4 is 5.32 Å². The lowest BCUT2D eigenvalue weighted by atomic mass is 10.1. The lowest BCUT2D eigenvalue weighted by Crippen LogP contribution is -2.12. The number of anilines is 1. The average molecular weight is 328 g/mol. The maximum absolute atomic E-state index is 12.5. The fourth-order valence-electron chi connectivity index (χ4n) is 1.71. The van der Waals surface area contributed by atoms with E-state index >= 15 is 0 Å². The molecule has 0 spiro atoms. The Morgan fingerprint density at radius 2 is 1.81 bits per heavy atom. The number of halogens is 3. The van der Waals surface area contributed by atoms with Crippen molar-refractivity contribution in [1.29, 1.82) is 0 Å². The molecule has 0 aliphatic heterocycles. The Kier molecular flexibility index (Phi) is 5.59. The van der Waals surface area contributed by atoms with Crippen molar-refractivity contribution in [2.75, 3.05) is 5.32 Å². The van der Waals surface area contributed by atoms with E-state index in [-0.39, 0.29) is 5.91 Å². The molecule has 0 unspecified atom stereocenters. The Morgan fingerprint density at radius 3 is 2.43 bits per heavy atom. The third-order valence-electron chi connectivity index (χ3n) is 2.72. The van der Waals surface area contributed by atoms with Crippen molar-refractivity contribution in [3.05, 3.63) is 59.7 Å². The molecule has 0 aliphatic carbocycles. The molecule has 2 nitrogen and oxygen atoms in total. The summed E-state index contributed by atoms with van der Waals surface area (Å²) in [4.78, 5) is 12.4. The molecule has 6 heteroatoms. The summed E-state index contributed by atoms with van der Waals surface area (Å²) in [5.41, 5.74) is 1.72. The quantitative estimate of drug-likeness (QED) is 0.619. The van der Waals surface area contributed by atoms with Crippen LogP contribution in [0, 0.1) is 0 Å². The molecule has 1 amide bonds. The Labute approximate surface area is 130 Å². The third kappa shape index (κ3) is 4.44. The van der Waals surface area contributed by atoms with E-state index in [4.69, 9.17) is 11.6 Å². The van der Waals surface area contributed by atoms with Crippen LogP contribution in [0.3, 0.4) is 0 Å². The number of para-hydroxylation sites is 1. The van der Waals surface area contributed by atoms with Gasteiger partial charge in [0.15, 0.2) is 0 Å². The standard InChI is InChI=1S/C15H12ClF2NOS/c16-9-10-5-7-11(8-6-10)14(20)19-12-3-1-2-4-13(12)21-15(17)18/h1-8,15H,9H2,(H,19,20). The second-order valence-corrected chi connectivity index (χ2v) is 5.46. The average Bonchev–Trinajstić information content (AvgIpc) is 2.49. The van der Waals surface area contributed by atoms with Gasteiger partial charge in [0.25, 0.3) is 11.7 Å². The van der Waals surface area contributed by atoms with Gasteiger partial charge in [-0.15, -0.1) is 11.6 Å². The summed E-state index contributed by atoms with van der Waals surface area (Å²) in [5.74, 6) is -2.51. The van der Waals surface area contributed by atoms with Crippen molar-refractivity contribution in [1.82, 2.24) is 0 Å². The number of carbonyl (C=O) groups excluding carboxylic acids is 1. The van der Waals surface area contributed by atoms with E-state index in [1.54, 1.807) is 48.5 Å². The van der Waals surface area contributed by atoms with Crippen LogP contribution in [0.15, 0.2) is 53.4 Å². The highest BCUT2D eigenvalue weighted by atomic mass is 35.5. The summed E-state index contributed by atoms with van der Waals surface area (Å²) < 4.78 is 25.0. The number of amides is 1. The number of thioether (sulfide) groups is 1. The maximum atomic E-state index is 12.5. The molecule has 110 valence electrons. The van der Waals surface area contributed by atoms with Gasteiger partial charge in [0, 0.05) is 16.3 Å². The van der Waals surface area contributed by atoms with Gasteiger partial charge in [-0.05, 0) is 29.8 Å². The number of carbonyl (C=O) groups is 1. The number of alkyl halides is 3. The number of nitrogens with one attached hydrogen (secondary N) is 1. The molecule has 0 atom stereocenters. The molecule has 0 radical (unpaired) electrons. The van der Waals surface area contributed by atoms with Crippen LogP contribution in [-0.2, 0) is 5.88 Å². The molecule has 0 fully saturated rings. The SMILES string of the molecule is O=C(Nc1ccccc1SC(F)F)c1ccc(CCl)cc1. The van der Waals surface area contributed by atoms with Crippen LogP contribution in [0.1, 0.15) is 15.9 Å². The van der Waals surface area contributed by atoms with Crippen LogP contribution in [0.4, 0.5) is 14.5 Å². The molecule has 2 aromatic carbocycles. The Hall–Kier alpha value is -1.59. The minimum absolute atomic E-state index is 0.332. The van der Waals surface area contributed by atoms with Crippen molar-refractivity contribution in [2.24, 2.45) is 0 Å². The maximum Gasteiger partial charge on any atom is 0.288 e. The Morgan fingerprint density at radius 1 is 1.14 bits per heavy atom. The smallest absolute Gasteiger partial charge is 0.288 e. The number of rotatable bonds is 5. The lowest BCUT2D eigenvalue weighted by Gasteiger charge is -2.10. The molecule has 0 heterocycles. The van der Waals surface area contributed by atoms with Crippen LogP contribution >= 0.6 is 23.4 Å². The van der Waals surface area contributed by atoms with Gasteiger partial charge in [0.2, 0.25) is 0 Å². The molecule has 2 rings (SSSR count). The first-order valence-corrected chi connectivity index (χ1v) is 7.51. The van der Waals surface area contributed by atoms with Crippen molar-refractivity contribution in [3.63, 3.8) is 0 Å². The Balaban J connectivity index is 2.15. The van der Waals surface area contributed by atoms with E-state index in [0.717, 1.165) is 5.56 Å². The van der Waals surface area contributed by atoms with Gasteiger partial charge in [-0.25, -0.2) is 0 Å². The largest absolute Gasteiger partial charge is 0.321 e. The predicted octanol–water partition coefficient (Wildman–Crippen LogP) is 4.99.